The van der Waals surface area contributed by atoms with Crippen LogP contribution in [0.15, 0.2) is 29.2 Å². The van der Waals surface area contributed by atoms with Gasteiger partial charge in [0.25, 0.3) is 0 Å². The molecule has 0 saturated heterocycles. The molecule has 6 heteroatoms. The Bertz CT molecular complexity index is 397. The SMILES string of the molecule is O=C(O)C(=O)NCCSc1ccccc1F. The van der Waals surface area contributed by atoms with Crippen molar-refractivity contribution in [3.05, 3.63) is 30.1 Å². The maximum Gasteiger partial charge on any atom is 0.394 e. The van der Waals surface area contributed by atoms with Crippen LogP contribution in [0, 0.1) is 5.82 Å². The van der Waals surface area contributed by atoms with Crippen LogP contribution in [0.2, 0.25) is 0 Å². The number of halogens is 1. The van der Waals surface area contributed by atoms with E-state index in [2.05, 4.69) is 5.32 Å². The molecule has 0 aliphatic heterocycles. The van der Waals surface area contributed by atoms with E-state index in [1.807, 2.05) is 0 Å². The number of thioether (sulfide) groups is 1. The van der Waals surface area contributed by atoms with Gasteiger partial charge in [-0.2, -0.15) is 0 Å². The van der Waals surface area contributed by atoms with Crippen LogP contribution in [-0.2, 0) is 9.59 Å². The van der Waals surface area contributed by atoms with Gasteiger partial charge in [0.15, 0.2) is 0 Å². The van der Waals surface area contributed by atoms with Crippen molar-refractivity contribution >= 4 is 23.6 Å². The quantitative estimate of drug-likeness (QED) is 0.472. The van der Waals surface area contributed by atoms with Crippen molar-refractivity contribution < 1.29 is 19.1 Å². The zero-order valence-corrected chi connectivity index (χ0v) is 9.09. The van der Waals surface area contributed by atoms with Crippen LogP contribution in [0.3, 0.4) is 0 Å². The molecule has 1 amide bonds. The van der Waals surface area contributed by atoms with E-state index in [0.717, 1.165) is 0 Å². The van der Waals surface area contributed by atoms with Crippen molar-refractivity contribution in [2.24, 2.45) is 0 Å². The van der Waals surface area contributed by atoms with Crippen LogP contribution >= 0.6 is 11.8 Å². The van der Waals surface area contributed by atoms with Gasteiger partial charge in [0.2, 0.25) is 0 Å². The second kappa shape index (κ2) is 6.12. The van der Waals surface area contributed by atoms with Gasteiger partial charge in [-0.3, -0.25) is 4.79 Å². The number of carboxylic acid groups (broad SMARTS) is 1. The summed E-state index contributed by atoms with van der Waals surface area (Å²) in [7, 11) is 0. The summed E-state index contributed by atoms with van der Waals surface area (Å²) in [4.78, 5) is 21.2. The molecule has 0 bridgehead atoms. The number of carboxylic acids is 1. The van der Waals surface area contributed by atoms with E-state index >= 15 is 0 Å². The summed E-state index contributed by atoms with van der Waals surface area (Å²) in [5.41, 5.74) is 0. The van der Waals surface area contributed by atoms with E-state index in [9.17, 15) is 14.0 Å². The fourth-order valence-corrected chi connectivity index (χ4v) is 1.77. The van der Waals surface area contributed by atoms with Crippen LogP contribution in [0.1, 0.15) is 0 Å². The standard InChI is InChI=1S/C10H10FNO3S/c11-7-3-1-2-4-8(7)16-6-5-12-9(13)10(14)15/h1-4H,5-6H2,(H,12,13)(H,14,15). The number of hydrogen-bond donors (Lipinski definition) is 2. The molecular weight excluding hydrogens is 233 g/mol. The highest BCUT2D eigenvalue weighted by Gasteiger charge is 2.09. The van der Waals surface area contributed by atoms with Gasteiger partial charge in [-0.05, 0) is 12.1 Å². The normalized spacial score (nSPS) is 9.81. The molecule has 0 aliphatic rings. The smallest absolute Gasteiger partial charge is 0.394 e. The van der Waals surface area contributed by atoms with E-state index in [0.29, 0.717) is 10.6 Å². The van der Waals surface area contributed by atoms with E-state index < -0.39 is 11.9 Å². The minimum atomic E-state index is -1.52. The first-order chi connectivity index (χ1) is 7.61. The first-order valence-corrected chi connectivity index (χ1v) is 5.48. The fraction of sp³-hybridized carbons (Fsp3) is 0.200. The molecule has 1 rings (SSSR count). The summed E-state index contributed by atoms with van der Waals surface area (Å²) >= 11 is 1.22. The highest BCUT2D eigenvalue weighted by molar-refractivity contribution is 7.99. The lowest BCUT2D eigenvalue weighted by molar-refractivity contribution is -0.150. The zero-order valence-electron chi connectivity index (χ0n) is 8.27. The van der Waals surface area contributed by atoms with Gasteiger partial charge in [0.05, 0.1) is 0 Å². The van der Waals surface area contributed by atoms with Gasteiger partial charge in [0.1, 0.15) is 5.82 Å². The van der Waals surface area contributed by atoms with Gasteiger partial charge < -0.3 is 10.4 Å². The van der Waals surface area contributed by atoms with Crippen molar-refractivity contribution in [1.29, 1.82) is 0 Å². The van der Waals surface area contributed by atoms with Gasteiger partial charge in [-0.25, -0.2) is 9.18 Å². The van der Waals surface area contributed by atoms with Gasteiger partial charge in [-0.15, -0.1) is 11.8 Å². The third kappa shape index (κ3) is 3.90. The van der Waals surface area contributed by atoms with Crippen molar-refractivity contribution in [3.8, 4) is 0 Å². The second-order valence-electron chi connectivity index (χ2n) is 2.84. The number of carbonyl (C=O) groups is 2. The second-order valence-corrected chi connectivity index (χ2v) is 3.98. The molecule has 0 saturated carbocycles. The molecule has 0 radical (unpaired) electrons. The number of carbonyl (C=O) groups excluding carboxylic acids is 1. The van der Waals surface area contributed by atoms with Gasteiger partial charge >= 0.3 is 11.9 Å². The third-order valence-corrected chi connectivity index (χ3v) is 2.73. The molecule has 0 atom stereocenters. The summed E-state index contributed by atoms with van der Waals surface area (Å²) in [5.74, 6) is -2.47. The molecule has 86 valence electrons. The summed E-state index contributed by atoms with van der Waals surface area (Å²) in [6.45, 7) is 0.185. The molecule has 0 aliphatic carbocycles. The molecule has 1 aromatic rings. The summed E-state index contributed by atoms with van der Waals surface area (Å²) in [5, 5.41) is 10.5. The number of benzene rings is 1. The fourth-order valence-electron chi connectivity index (χ4n) is 0.963. The lowest BCUT2D eigenvalue weighted by Gasteiger charge is -2.03. The largest absolute Gasteiger partial charge is 0.474 e. The Morgan fingerprint density at radius 3 is 2.69 bits per heavy atom. The Hall–Kier alpha value is -1.56. The number of rotatable bonds is 4. The Balaban J connectivity index is 2.29. The number of aliphatic carboxylic acids is 1. The van der Waals surface area contributed by atoms with E-state index in [-0.39, 0.29) is 12.4 Å². The molecule has 0 spiro atoms. The Labute approximate surface area is 95.8 Å². The van der Waals surface area contributed by atoms with Crippen molar-refractivity contribution in [2.75, 3.05) is 12.3 Å². The molecule has 0 unspecified atom stereocenters. The first kappa shape index (κ1) is 12.5. The molecular formula is C10H10FNO3S. The number of amides is 1. The zero-order chi connectivity index (χ0) is 12.0. The molecule has 0 aromatic heterocycles. The van der Waals surface area contributed by atoms with Crippen molar-refractivity contribution in [1.82, 2.24) is 5.32 Å². The highest BCUT2D eigenvalue weighted by Crippen LogP contribution is 2.20. The van der Waals surface area contributed by atoms with E-state index in [1.165, 1.54) is 17.8 Å². The monoisotopic (exact) mass is 243 g/mol. The summed E-state index contributed by atoms with van der Waals surface area (Å²) < 4.78 is 13.1. The molecule has 0 fully saturated rings. The lowest BCUT2D eigenvalue weighted by Crippen LogP contribution is -2.32. The van der Waals surface area contributed by atoms with Crippen molar-refractivity contribution in [3.63, 3.8) is 0 Å². The number of hydrogen-bond acceptors (Lipinski definition) is 3. The topological polar surface area (TPSA) is 66.4 Å². The molecule has 2 N–H and O–H groups in total. The average Bonchev–Trinajstić information content (AvgIpc) is 2.26. The predicted octanol–water partition coefficient (Wildman–Crippen LogP) is 1.12. The maximum absolute atomic E-state index is 13.1. The molecule has 1 aromatic carbocycles. The molecule has 4 nitrogen and oxygen atoms in total. The van der Waals surface area contributed by atoms with E-state index in [1.54, 1.807) is 18.2 Å². The predicted molar refractivity (Wildman–Crippen MR) is 57.8 cm³/mol. The Kier molecular flexibility index (Phi) is 4.78. The lowest BCUT2D eigenvalue weighted by atomic mass is 10.3. The van der Waals surface area contributed by atoms with E-state index in [4.69, 9.17) is 5.11 Å². The average molecular weight is 243 g/mol. The summed E-state index contributed by atoms with van der Waals surface area (Å²) in [6, 6.07) is 6.27. The number of nitrogens with one attached hydrogen (secondary N) is 1. The van der Waals surface area contributed by atoms with Gasteiger partial charge in [0, 0.05) is 17.2 Å². The van der Waals surface area contributed by atoms with Crippen LogP contribution in [0.25, 0.3) is 0 Å². The van der Waals surface area contributed by atoms with Crippen LogP contribution < -0.4 is 5.32 Å². The van der Waals surface area contributed by atoms with Gasteiger partial charge in [-0.1, -0.05) is 12.1 Å². The molecule has 16 heavy (non-hydrogen) atoms. The van der Waals surface area contributed by atoms with Crippen LogP contribution in [0.4, 0.5) is 4.39 Å². The highest BCUT2D eigenvalue weighted by atomic mass is 32.2. The third-order valence-electron chi connectivity index (χ3n) is 1.68. The Morgan fingerprint density at radius 1 is 1.38 bits per heavy atom. The van der Waals surface area contributed by atoms with Crippen molar-refractivity contribution in [2.45, 2.75) is 4.90 Å². The van der Waals surface area contributed by atoms with Crippen LogP contribution in [-0.4, -0.2) is 29.3 Å². The first-order valence-electron chi connectivity index (χ1n) is 4.49. The molecule has 0 heterocycles. The Morgan fingerprint density at radius 2 is 2.06 bits per heavy atom. The van der Waals surface area contributed by atoms with Crippen LogP contribution in [0.5, 0.6) is 0 Å². The minimum absolute atomic E-state index is 0.185. The minimum Gasteiger partial charge on any atom is -0.474 e. The maximum atomic E-state index is 13.1. The summed E-state index contributed by atoms with van der Waals surface area (Å²) in [6.07, 6.45) is 0.